The van der Waals surface area contributed by atoms with Crippen molar-refractivity contribution >= 4 is 11.8 Å². The van der Waals surface area contributed by atoms with Crippen molar-refractivity contribution in [2.45, 2.75) is 61.6 Å². The quantitative estimate of drug-likeness (QED) is 0.797. The van der Waals surface area contributed by atoms with Crippen LogP contribution in [0.5, 0.6) is 0 Å². The van der Waals surface area contributed by atoms with E-state index in [-0.39, 0.29) is 6.04 Å². The minimum absolute atomic E-state index is 0.143. The second-order valence-electron chi connectivity index (χ2n) is 5.09. The summed E-state index contributed by atoms with van der Waals surface area (Å²) in [5.74, 6) is 0. The minimum Gasteiger partial charge on any atom is -0.324 e. The monoisotopic (exact) mass is 249 g/mol. The highest BCUT2D eigenvalue weighted by Crippen LogP contribution is 2.33. The van der Waals surface area contributed by atoms with Crippen LogP contribution in [0.15, 0.2) is 29.2 Å². The van der Waals surface area contributed by atoms with Gasteiger partial charge in [0.05, 0.1) is 0 Å². The van der Waals surface area contributed by atoms with Crippen LogP contribution in [0.3, 0.4) is 0 Å². The zero-order valence-electron chi connectivity index (χ0n) is 10.7. The number of rotatable bonds is 3. The first-order chi connectivity index (χ1) is 8.25. The van der Waals surface area contributed by atoms with Gasteiger partial charge in [0.25, 0.3) is 0 Å². The smallest absolute Gasteiger partial charge is 0.0266 e. The Hall–Kier alpha value is -0.470. The molecule has 0 heterocycles. The lowest BCUT2D eigenvalue weighted by Crippen LogP contribution is -2.05. The average molecular weight is 249 g/mol. The summed E-state index contributed by atoms with van der Waals surface area (Å²) < 4.78 is 0. The maximum Gasteiger partial charge on any atom is 0.0266 e. The van der Waals surface area contributed by atoms with E-state index in [9.17, 15) is 0 Å². The van der Waals surface area contributed by atoms with E-state index in [1.54, 1.807) is 0 Å². The molecule has 1 unspecified atom stereocenters. The molecule has 1 nitrogen and oxygen atoms in total. The molecule has 0 bridgehead atoms. The fourth-order valence-corrected chi connectivity index (χ4v) is 3.74. The van der Waals surface area contributed by atoms with Crippen LogP contribution in [0, 0.1) is 0 Å². The van der Waals surface area contributed by atoms with Crippen LogP contribution in [0.4, 0.5) is 0 Å². The molecule has 17 heavy (non-hydrogen) atoms. The molecule has 2 N–H and O–H groups in total. The lowest BCUT2D eigenvalue weighted by molar-refractivity contribution is 0.702. The number of nitrogens with two attached hydrogens (primary N) is 1. The van der Waals surface area contributed by atoms with Crippen molar-refractivity contribution in [3.05, 3.63) is 29.8 Å². The van der Waals surface area contributed by atoms with E-state index in [0.717, 1.165) is 5.25 Å². The molecule has 0 saturated heterocycles. The Morgan fingerprint density at radius 3 is 2.53 bits per heavy atom. The molecular formula is C15H23NS. The molecule has 0 amide bonds. The third kappa shape index (κ3) is 4.04. The number of hydrogen-bond acceptors (Lipinski definition) is 2. The van der Waals surface area contributed by atoms with Crippen LogP contribution in [-0.4, -0.2) is 5.25 Å². The Labute approximate surface area is 109 Å². The standard InChI is InChI=1S/C15H23NS/c1-12(16)13-7-6-10-15(11-13)17-14-8-4-2-3-5-9-14/h6-7,10-12,14H,2-5,8-9,16H2,1H3. The highest BCUT2D eigenvalue weighted by molar-refractivity contribution is 8.00. The Kier molecular flexibility index (Phi) is 4.93. The van der Waals surface area contributed by atoms with Crippen molar-refractivity contribution in [1.29, 1.82) is 0 Å². The van der Waals surface area contributed by atoms with Gasteiger partial charge in [0.1, 0.15) is 0 Å². The average Bonchev–Trinajstić information content (AvgIpc) is 2.58. The van der Waals surface area contributed by atoms with E-state index in [2.05, 4.69) is 43.0 Å². The largest absolute Gasteiger partial charge is 0.324 e. The van der Waals surface area contributed by atoms with E-state index in [1.165, 1.54) is 49.0 Å². The highest BCUT2D eigenvalue weighted by Gasteiger charge is 2.13. The Bertz CT molecular complexity index is 341. The molecule has 1 aromatic carbocycles. The molecule has 1 aromatic rings. The summed E-state index contributed by atoms with van der Waals surface area (Å²) in [6.07, 6.45) is 8.43. The van der Waals surface area contributed by atoms with Crippen LogP contribution in [0.1, 0.15) is 57.1 Å². The molecule has 0 aromatic heterocycles. The molecule has 2 rings (SSSR count). The van der Waals surface area contributed by atoms with Crippen molar-refractivity contribution in [3.63, 3.8) is 0 Å². The normalized spacial score (nSPS) is 19.9. The van der Waals surface area contributed by atoms with Crippen LogP contribution < -0.4 is 5.73 Å². The Balaban J connectivity index is 1.99. The van der Waals surface area contributed by atoms with Gasteiger partial charge in [-0.3, -0.25) is 0 Å². The molecule has 1 saturated carbocycles. The van der Waals surface area contributed by atoms with Crippen LogP contribution >= 0.6 is 11.8 Å². The maximum atomic E-state index is 5.93. The third-order valence-electron chi connectivity index (χ3n) is 3.49. The molecule has 0 spiro atoms. The van der Waals surface area contributed by atoms with Gasteiger partial charge in [-0.05, 0) is 37.5 Å². The first kappa shape index (κ1) is 13.0. The van der Waals surface area contributed by atoms with Crippen molar-refractivity contribution in [3.8, 4) is 0 Å². The summed E-state index contributed by atoms with van der Waals surface area (Å²) in [4.78, 5) is 1.40. The molecule has 2 heteroatoms. The second kappa shape index (κ2) is 6.46. The third-order valence-corrected chi connectivity index (χ3v) is 4.82. The van der Waals surface area contributed by atoms with Crippen LogP contribution in [-0.2, 0) is 0 Å². The molecule has 1 aliphatic carbocycles. The second-order valence-corrected chi connectivity index (χ2v) is 6.47. The van der Waals surface area contributed by atoms with Crippen molar-refractivity contribution in [2.75, 3.05) is 0 Å². The van der Waals surface area contributed by atoms with Gasteiger partial charge in [-0.1, -0.05) is 37.8 Å². The molecule has 94 valence electrons. The zero-order valence-corrected chi connectivity index (χ0v) is 11.5. The summed E-state index contributed by atoms with van der Waals surface area (Å²) in [6.45, 7) is 2.05. The van der Waals surface area contributed by atoms with Gasteiger partial charge in [0.2, 0.25) is 0 Å². The van der Waals surface area contributed by atoms with Crippen LogP contribution in [0.2, 0.25) is 0 Å². The summed E-state index contributed by atoms with van der Waals surface area (Å²) in [5, 5.41) is 0.820. The fraction of sp³-hybridized carbons (Fsp3) is 0.600. The first-order valence-corrected chi connectivity index (χ1v) is 7.66. The molecular weight excluding hydrogens is 226 g/mol. The van der Waals surface area contributed by atoms with Gasteiger partial charge in [-0.25, -0.2) is 0 Å². The topological polar surface area (TPSA) is 26.0 Å². The Morgan fingerprint density at radius 1 is 1.18 bits per heavy atom. The summed E-state index contributed by atoms with van der Waals surface area (Å²) in [7, 11) is 0. The summed E-state index contributed by atoms with van der Waals surface area (Å²) in [5.41, 5.74) is 7.18. The van der Waals surface area contributed by atoms with Crippen molar-refractivity contribution in [2.24, 2.45) is 5.73 Å². The van der Waals surface area contributed by atoms with E-state index in [0.29, 0.717) is 0 Å². The van der Waals surface area contributed by atoms with Crippen LogP contribution in [0.25, 0.3) is 0 Å². The number of benzene rings is 1. The van der Waals surface area contributed by atoms with E-state index >= 15 is 0 Å². The number of thioether (sulfide) groups is 1. The van der Waals surface area contributed by atoms with E-state index in [4.69, 9.17) is 5.73 Å². The lowest BCUT2D eigenvalue weighted by Gasteiger charge is -2.14. The number of hydrogen-bond donors (Lipinski definition) is 1. The first-order valence-electron chi connectivity index (χ1n) is 6.78. The fourth-order valence-electron chi connectivity index (χ4n) is 2.42. The molecule has 0 aliphatic heterocycles. The highest BCUT2D eigenvalue weighted by atomic mass is 32.2. The predicted octanol–water partition coefficient (Wildman–Crippen LogP) is 4.52. The predicted molar refractivity (Wildman–Crippen MR) is 76.4 cm³/mol. The SMILES string of the molecule is CC(N)c1cccc(SC2CCCCCC2)c1. The molecule has 1 fully saturated rings. The van der Waals surface area contributed by atoms with E-state index < -0.39 is 0 Å². The van der Waals surface area contributed by atoms with Gasteiger partial charge < -0.3 is 5.73 Å². The maximum absolute atomic E-state index is 5.93. The lowest BCUT2D eigenvalue weighted by atomic mass is 10.1. The molecule has 1 aliphatic rings. The summed E-state index contributed by atoms with van der Waals surface area (Å²) >= 11 is 2.05. The van der Waals surface area contributed by atoms with E-state index in [1.807, 2.05) is 0 Å². The zero-order chi connectivity index (χ0) is 12.1. The molecule has 1 atom stereocenters. The van der Waals surface area contributed by atoms with Gasteiger partial charge in [0, 0.05) is 16.2 Å². The minimum atomic E-state index is 0.143. The van der Waals surface area contributed by atoms with Gasteiger partial charge in [0.15, 0.2) is 0 Å². The Morgan fingerprint density at radius 2 is 1.88 bits per heavy atom. The van der Waals surface area contributed by atoms with Crippen molar-refractivity contribution in [1.82, 2.24) is 0 Å². The molecule has 0 radical (unpaired) electrons. The van der Waals surface area contributed by atoms with Crippen molar-refractivity contribution < 1.29 is 0 Å². The summed E-state index contributed by atoms with van der Waals surface area (Å²) in [6, 6.07) is 8.89. The van der Waals surface area contributed by atoms with Gasteiger partial charge in [-0.2, -0.15) is 0 Å². The van der Waals surface area contributed by atoms with Gasteiger partial charge >= 0.3 is 0 Å². The van der Waals surface area contributed by atoms with Gasteiger partial charge in [-0.15, -0.1) is 11.8 Å².